The van der Waals surface area contributed by atoms with Crippen LogP contribution < -0.4 is 0 Å². The summed E-state index contributed by atoms with van der Waals surface area (Å²) in [7, 11) is 0. The van der Waals surface area contributed by atoms with Crippen molar-refractivity contribution >= 4 is 11.1 Å². The van der Waals surface area contributed by atoms with E-state index in [2.05, 4.69) is 107 Å². The van der Waals surface area contributed by atoms with Crippen LogP contribution >= 0.6 is 0 Å². The molecule has 166 valence electrons. The van der Waals surface area contributed by atoms with Crippen molar-refractivity contribution in [1.29, 1.82) is 0 Å². The van der Waals surface area contributed by atoms with Crippen LogP contribution in [-0.2, 0) is 10.2 Å². The Morgan fingerprint density at radius 1 is 0.844 bits per heavy atom. The Morgan fingerprint density at radius 2 is 1.47 bits per heavy atom. The third kappa shape index (κ3) is 4.44. The number of aliphatic hydroxyl groups excluding tert-OH is 1. The van der Waals surface area contributed by atoms with Crippen LogP contribution in [0, 0.1) is 5.92 Å². The monoisotopic (exact) mass is 426 g/mol. The molecule has 1 N–H and O–H groups in total. The molecule has 0 aromatic heterocycles. The number of hydrogen-bond donors (Lipinski definition) is 1. The first kappa shape index (κ1) is 22.5. The van der Waals surface area contributed by atoms with Crippen molar-refractivity contribution in [2.75, 3.05) is 13.2 Å². The predicted octanol–water partition coefficient (Wildman–Crippen LogP) is 7.03. The zero-order valence-electron chi connectivity index (χ0n) is 19.6. The zero-order chi connectivity index (χ0) is 22.7. The molecule has 2 atom stereocenters. The van der Waals surface area contributed by atoms with E-state index in [1.807, 2.05) is 0 Å². The van der Waals surface area contributed by atoms with Gasteiger partial charge >= 0.3 is 0 Å². The minimum Gasteiger partial charge on any atom is -0.396 e. The maximum Gasteiger partial charge on any atom is 0.109 e. The van der Waals surface area contributed by atoms with Crippen molar-refractivity contribution in [3.8, 4) is 0 Å². The number of rotatable bonds is 7. The molecular weight excluding hydrogens is 392 g/mol. The van der Waals surface area contributed by atoms with E-state index in [-0.39, 0.29) is 18.1 Å². The third-order valence-corrected chi connectivity index (χ3v) is 6.29. The summed E-state index contributed by atoms with van der Waals surface area (Å²) in [5.74, 6) is 0.298. The van der Waals surface area contributed by atoms with E-state index in [1.54, 1.807) is 0 Å². The van der Waals surface area contributed by atoms with Crippen molar-refractivity contribution < 1.29 is 9.84 Å². The summed E-state index contributed by atoms with van der Waals surface area (Å²) in [4.78, 5) is 0. The van der Waals surface area contributed by atoms with E-state index < -0.39 is 0 Å². The largest absolute Gasteiger partial charge is 0.396 e. The number of ether oxygens (including phenoxy) is 1. The van der Waals surface area contributed by atoms with E-state index in [9.17, 15) is 5.11 Å². The summed E-state index contributed by atoms with van der Waals surface area (Å²) >= 11 is 0. The average Bonchev–Trinajstić information content (AvgIpc) is 3.12. The Balaban J connectivity index is 1.97. The van der Waals surface area contributed by atoms with Gasteiger partial charge in [0, 0.05) is 12.2 Å². The molecule has 0 radical (unpaired) electrons. The summed E-state index contributed by atoms with van der Waals surface area (Å²) in [6, 6.07) is 28.0. The van der Waals surface area contributed by atoms with Crippen LogP contribution in [0.5, 0.6) is 0 Å². The molecule has 0 saturated carbocycles. The number of fused-ring (bicyclic) bond motifs is 1. The predicted molar refractivity (Wildman–Crippen MR) is 134 cm³/mol. The van der Waals surface area contributed by atoms with Gasteiger partial charge in [-0.25, -0.2) is 0 Å². The molecule has 0 fully saturated rings. The Labute approximate surface area is 192 Å². The first-order valence-electron chi connectivity index (χ1n) is 11.6. The lowest BCUT2D eigenvalue weighted by atomic mass is 9.80. The topological polar surface area (TPSA) is 29.5 Å². The van der Waals surface area contributed by atoms with Crippen LogP contribution in [0.3, 0.4) is 0 Å². The quantitative estimate of drug-likeness (QED) is 0.439. The van der Waals surface area contributed by atoms with E-state index >= 15 is 0 Å². The molecule has 0 amide bonds. The second-order valence-corrected chi connectivity index (χ2v) is 9.87. The molecule has 1 unspecified atom stereocenters. The Kier molecular flexibility index (Phi) is 6.64. The van der Waals surface area contributed by atoms with Crippen LogP contribution in [0.15, 0.2) is 78.9 Å². The van der Waals surface area contributed by atoms with Gasteiger partial charge in [-0.3, -0.25) is 0 Å². The highest BCUT2D eigenvalue weighted by Gasteiger charge is 2.37. The molecule has 3 aromatic rings. The molecular formula is C30H34O2. The Morgan fingerprint density at radius 3 is 2.06 bits per heavy atom. The summed E-state index contributed by atoms with van der Waals surface area (Å²) in [5, 5.41) is 9.37. The molecule has 0 heterocycles. The fourth-order valence-electron chi connectivity index (χ4n) is 4.67. The van der Waals surface area contributed by atoms with Crippen molar-refractivity contribution in [2.45, 2.75) is 45.6 Å². The zero-order valence-corrected chi connectivity index (χ0v) is 19.6. The lowest BCUT2D eigenvalue weighted by Gasteiger charge is -2.25. The van der Waals surface area contributed by atoms with Crippen LogP contribution in [0.1, 0.15) is 68.0 Å². The van der Waals surface area contributed by atoms with Crippen molar-refractivity contribution in [2.24, 2.45) is 5.92 Å². The maximum absolute atomic E-state index is 9.37. The van der Waals surface area contributed by atoms with Gasteiger partial charge in [-0.2, -0.15) is 0 Å². The van der Waals surface area contributed by atoms with Crippen LogP contribution in [0.4, 0.5) is 0 Å². The minimum absolute atomic E-state index is 0.00619. The smallest absolute Gasteiger partial charge is 0.109 e. The van der Waals surface area contributed by atoms with Gasteiger partial charge in [0.2, 0.25) is 0 Å². The van der Waals surface area contributed by atoms with E-state index in [0.717, 1.165) is 6.42 Å². The standard InChI is InChI=1S/C30H34O2/c1-21(18-19-31)20-32-29-24-16-11-17-25(30(2,3)4)28(24)26(22-12-7-5-8-13-22)27(29)23-14-9-6-10-15-23/h5-17,21,29,31H,18-20H2,1-4H3/t21-,29?/m1/s1. The summed E-state index contributed by atoms with van der Waals surface area (Å²) < 4.78 is 6.66. The molecule has 2 nitrogen and oxygen atoms in total. The van der Waals surface area contributed by atoms with Crippen molar-refractivity contribution in [1.82, 2.24) is 0 Å². The molecule has 1 aliphatic carbocycles. The van der Waals surface area contributed by atoms with E-state index in [1.165, 1.54) is 39.0 Å². The lowest BCUT2D eigenvalue weighted by Crippen LogP contribution is -2.15. The SMILES string of the molecule is C[C@H](CCO)COC1C(c2ccccc2)=C(c2ccccc2)c2c1cccc2C(C)(C)C. The molecule has 0 spiro atoms. The first-order chi connectivity index (χ1) is 15.4. The fraction of sp³-hybridized carbons (Fsp3) is 0.333. The van der Waals surface area contributed by atoms with Crippen LogP contribution in [0.2, 0.25) is 0 Å². The van der Waals surface area contributed by atoms with Crippen LogP contribution in [-0.4, -0.2) is 18.3 Å². The second-order valence-electron chi connectivity index (χ2n) is 9.87. The van der Waals surface area contributed by atoms with Crippen molar-refractivity contribution in [3.63, 3.8) is 0 Å². The first-order valence-corrected chi connectivity index (χ1v) is 11.6. The molecule has 1 aliphatic rings. The minimum atomic E-state index is -0.133. The number of aliphatic hydroxyl groups is 1. The molecule has 0 bridgehead atoms. The normalized spacial score (nSPS) is 16.8. The highest BCUT2D eigenvalue weighted by Crippen LogP contribution is 2.52. The van der Waals surface area contributed by atoms with Gasteiger partial charge in [0.25, 0.3) is 0 Å². The second kappa shape index (κ2) is 9.44. The highest BCUT2D eigenvalue weighted by molar-refractivity contribution is 6.06. The number of hydrogen-bond acceptors (Lipinski definition) is 2. The Bertz CT molecular complexity index is 1070. The maximum atomic E-state index is 9.37. The van der Waals surface area contributed by atoms with Gasteiger partial charge in [0.05, 0.1) is 6.61 Å². The molecule has 32 heavy (non-hydrogen) atoms. The molecule has 2 heteroatoms. The van der Waals surface area contributed by atoms with Gasteiger partial charge in [-0.05, 0) is 51.1 Å². The lowest BCUT2D eigenvalue weighted by molar-refractivity contribution is 0.0607. The van der Waals surface area contributed by atoms with Gasteiger partial charge in [-0.1, -0.05) is 107 Å². The fourth-order valence-corrected chi connectivity index (χ4v) is 4.67. The van der Waals surface area contributed by atoms with Crippen molar-refractivity contribution in [3.05, 3.63) is 107 Å². The van der Waals surface area contributed by atoms with Crippen LogP contribution in [0.25, 0.3) is 11.1 Å². The summed E-state index contributed by atoms with van der Waals surface area (Å²) in [6.45, 7) is 9.79. The molecule has 4 rings (SSSR count). The number of benzene rings is 3. The van der Waals surface area contributed by atoms with Gasteiger partial charge in [0.1, 0.15) is 6.10 Å². The molecule has 0 aliphatic heterocycles. The average molecular weight is 427 g/mol. The Hall–Kier alpha value is -2.68. The van der Waals surface area contributed by atoms with Gasteiger partial charge in [0.15, 0.2) is 0 Å². The van der Waals surface area contributed by atoms with Gasteiger partial charge < -0.3 is 9.84 Å². The summed E-state index contributed by atoms with van der Waals surface area (Å²) in [5.41, 5.74) is 8.83. The summed E-state index contributed by atoms with van der Waals surface area (Å²) in [6.07, 6.45) is 0.614. The van der Waals surface area contributed by atoms with E-state index in [4.69, 9.17) is 4.74 Å². The molecule has 0 saturated heterocycles. The highest BCUT2D eigenvalue weighted by atomic mass is 16.5. The van der Waals surface area contributed by atoms with E-state index in [0.29, 0.717) is 12.5 Å². The van der Waals surface area contributed by atoms with Gasteiger partial charge in [-0.15, -0.1) is 0 Å². The third-order valence-electron chi connectivity index (χ3n) is 6.29. The molecule has 3 aromatic carbocycles.